The van der Waals surface area contributed by atoms with Gasteiger partial charge in [-0.25, -0.2) is 4.98 Å². The molecule has 18 heavy (non-hydrogen) atoms. The van der Waals surface area contributed by atoms with Crippen LogP contribution in [0.3, 0.4) is 0 Å². The molecule has 0 fully saturated rings. The van der Waals surface area contributed by atoms with Gasteiger partial charge in [-0.3, -0.25) is 0 Å². The highest BCUT2D eigenvalue weighted by Crippen LogP contribution is 2.28. The largest absolute Gasteiger partial charge is 0.508 e. The number of phenols is 1. The number of aromatic nitrogens is 1. The Morgan fingerprint density at radius 1 is 1.39 bits per heavy atom. The number of pyridine rings is 1. The topological polar surface area (TPSA) is 45.2 Å². The Morgan fingerprint density at radius 3 is 2.89 bits per heavy atom. The number of aromatic hydroxyl groups is 1. The number of anilines is 1. The molecule has 2 rings (SSSR count). The first-order valence-electron chi connectivity index (χ1n) is 5.43. The van der Waals surface area contributed by atoms with Gasteiger partial charge in [0.25, 0.3) is 0 Å². The van der Waals surface area contributed by atoms with Crippen molar-refractivity contribution in [2.45, 2.75) is 13.0 Å². The van der Waals surface area contributed by atoms with Gasteiger partial charge in [-0.1, -0.05) is 23.7 Å². The van der Waals surface area contributed by atoms with Crippen LogP contribution in [-0.2, 0) is 0 Å². The standard InChI is InChI=1S/C13H12BrClN2O/c1-8(9-3-2-4-11(18)5-9)17-12-6-10(14)7-16-13(12)15/h2-8,17-18H,1H3. The molecule has 0 saturated heterocycles. The number of nitrogens with zero attached hydrogens (tertiary/aromatic N) is 1. The van der Waals surface area contributed by atoms with Gasteiger partial charge in [-0.2, -0.15) is 0 Å². The summed E-state index contributed by atoms with van der Waals surface area (Å²) in [5.74, 6) is 0.250. The van der Waals surface area contributed by atoms with Crippen LogP contribution in [0.2, 0.25) is 5.15 Å². The Hall–Kier alpha value is -1.26. The van der Waals surface area contributed by atoms with Gasteiger partial charge in [0, 0.05) is 16.7 Å². The zero-order valence-electron chi connectivity index (χ0n) is 9.69. The van der Waals surface area contributed by atoms with Crippen molar-refractivity contribution in [3.05, 3.63) is 51.7 Å². The molecule has 2 N–H and O–H groups in total. The van der Waals surface area contributed by atoms with Crippen molar-refractivity contribution in [3.63, 3.8) is 0 Å². The molecule has 1 aromatic carbocycles. The Kier molecular flexibility index (Phi) is 4.09. The summed E-state index contributed by atoms with van der Waals surface area (Å²) >= 11 is 9.37. The second kappa shape index (κ2) is 5.59. The van der Waals surface area contributed by atoms with E-state index in [0.29, 0.717) is 5.15 Å². The molecule has 1 heterocycles. The molecule has 1 aromatic heterocycles. The third kappa shape index (κ3) is 3.15. The molecule has 0 spiro atoms. The molecular formula is C13H12BrClN2O. The van der Waals surface area contributed by atoms with Gasteiger partial charge in [-0.05, 0) is 46.6 Å². The van der Waals surface area contributed by atoms with Crippen molar-refractivity contribution >= 4 is 33.2 Å². The number of benzene rings is 1. The van der Waals surface area contributed by atoms with Crippen LogP contribution in [0.1, 0.15) is 18.5 Å². The van der Waals surface area contributed by atoms with Gasteiger partial charge in [0.05, 0.1) is 5.69 Å². The quantitative estimate of drug-likeness (QED) is 0.823. The van der Waals surface area contributed by atoms with E-state index in [1.54, 1.807) is 18.3 Å². The van der Waals surface area contributed by atoms with Crippen LogP contribution in [-0.4, -0.2) is 10.1 Å². The Labute approximate surface area is 119 Å². The maximum atomic E-state index is 9.45. The summed E-state index contributed by atoms with van der Waals surface area (Å²) in [5, 5.41) is 13.1. The average Bonchev–Trinajstić information content (AvgIpc) is 2.34. The molecule has 1 atom stereocenters. The Morgan fingerprint density at radius 2 is 2.17 bits per heavy atom. The SMILES string of the molecule is CC(Nc1cc(Br)cnc1Cl)c1cccc(O)c1. The summed E-state index contributed by atoms with van der Waals surface area (Å²) in [6.45, 7) is 1.99. The minimum absolute atomic E-state index is 0.0192. The van der Waals surface area contributed by atoms with Crippen molar-refractivity contribution in [2.24, 2.45) is 0 Å². The smallest absolute Gasteiger partial charge is 0.152 e. The summed E-state index contributed by atoms with van der Waals surface area (Å²) in [5.41, 5.74) is 1.73. The molecule has 0 aliphatic rings. The van der Waals surface area contributed by atoms with E-state index in [2.05, 4.69) is 26.2 Å². The Balaban J connectivity index is 2.21. The predicted molar refractivity (Wildman–Crippen MR) is 77.1 cm³/mol. The van der Waals surface area contributed by atoms with Crippen LogP contribution in [0.25, 0.3) is 0 Å². The van der Waals surface area contributed by atoms with Gasteiger partial charge in [-0.15, -0.1) is 0 Å². The molecule has 0 bridgehead atoms. The van der Waals surface area contributed by atoms with Gasteiger partial charge >= 0.3 is 0 Å². The average molecular weight is 328 g/mol. The van der Waals surface area contributed by atoms with Crippen molar-refractivity contribution < 1.29 is 5.11 Å². The van der Waals surface area contributed by atoms with Crippen molar-refractivity contribution in [1.82, 2.24) is 4.98 Å². The Bertz CT molecular complexity index is 562. The van der Waals surface area contributed by atoms with Crippen molar-refractivity contribution in [2.75, 3.05) is 5.32 Å². The fourth-order valence-electron chi connectivity index (χ4n) is 1.63. The number of rotatable bonds is 3. The zero-order valence-corrected chi connectivity index (χ0v) is 12.0. The molecule has 1 unspecified atom stereocenters. The fourth-order valence-corrected chi connectivity index (χ4v) is 2.12. The molecule has 0 aliphatic heterocycles. The predicted octanol–water partition coefficient (Wildman–Crippen LogP) is 4.38. The molecule has 2 aromatic rings. The van der Waals surface area contributed by atoms with Crippen molar-refractivity contribution in [1.29, 1.82) is 0 Å². The summed E-state index contributed by atoms with van der Waals surface area (Å²) in [7, 11) is 0. The number of phenolic OH excluding ortho intramolecular Hbond substituents is 1. The molecular weight excluding hydrogens is 316 g/mol. The molecule has 0 amide bonds. The fraction of sp³-hybridized carbons (Fsp3) is 0.154. The van der Waals surface area contributed by atoms with Gasteiger partial charge < -0.3 is 10.4 Å². The molecule has 94 valence electrons. The first-order valence-corrected chi connectivity index (χ1v) is 6.60. The van der Waals surface area contributed by atoms with E-state index in [4.69, 9.17) is 11.6 Å². The second-order valence-corrected chi connectivity index (χ2v) is 5.23. The lowest BCUT2D eigenvalue weighted by Crippen LogP contribution is -2.07. The lowest BCUT2D eigenvalue weighted by Gasteiger charge is -2.16. The van der Waals surface area contributed by atoms with Crippen LogP contribution in [0, 0.1) is 0 Å². The number of hydrogen-bond donors (Lipinski definition) is 2. The van der Waals surface area contributed by atoms with Crippen LogP contribution in [0.15, 0.2) is 41.0 Å². The summed E-state index contributed by atoms with van der Waals surface area (Å²) in [6.07, 6.45) is 1.65. The minimum Gasteiger partial charge on any atom is -0.508 e. The van der Waals surface area contributed by atoms with Crippen molar-refractivity contribution in [3.8, 4) is 5.75 Å². The first kappa shape index (κ1) is 13.2. The highest BCUT2D eigenvalue weighted by Gasteiger charge is 2.09. The normalized spacial score (nSPS) is 12.2. The monoisotopic (exact) mass is 326 g/mol. The lowest BCUT2D eigenvalue weighted by molar-refractivity contribution is 0.474. The molecule has 5 heteroatoms. The highest BCUT2D eigenvalue weighted by atomic mass is 79.9. The van der Waals surface area contributed by atoms with E-state index in [-0.39, 0.29) is 11.8 Å². The zero-order chi connectivity index (χ0) is 13.1. The number of halogens is 2. The van der Waals surface area contributed by atoms with Gasteiger partial charge in [0.2, 0.25) is 0 Å². The van der Waals surface area contributed by atoms with E-state index in [1.165, 1.54) is 0 Å². The lowest BCUT2D eigenvalue weighted by atomic mass is 10.1. The highest BCUT2D eigenvalue weighted by molar-refractivity contribution is 9.10. The van der Waals surface area contributed by atoms with Crippen LogP contribution in [0.5, 0.6) is 5.75 Å². The second-order valence-electron chi connectivity index (χ2n) is 3.95. The molecule has 0 radical (unpaired) electrons. The third-order valence-corrected chi connectivity index (χ3v) is 3.28. The number of hydrogen-bond acceptors (Lipinski definition) is 3. The van der Waals surface area contributed by atoms with E-state index >= 15 is 0 Å². The van der Waals surface area contributed by atoms with Gasteiger partial charge in [0.1, 0.15) is 5.75 Å². The van der Waals surface area contributed by atoms with E-state index in [9.17, 15) is 5.11 Å². The first-order chi connectivity index (χ1) is 8.56. The molecule has 0 saturated carbocycles. The maximum absolute atomic E-state index is 9.45. The van der Waals surface area contributed by atoms with Crippen LogP contribution in [0.4, 0.5) is 5.69 Å². The maximum Gasteiger partial charge on any atom is 0.152 e. The summed E-state index contributed by atoms with van der Waals surface area (Å²) < 4.78 is 0.859. The van der Waals surface area contributed by atoms with Gasteiger partial charge in [0.15, 0.2) is 5.15 Å². The van der Waals surface area contributed by atoms with E-state index < -0.39 is 0 Å². The van der Waals surface area contributed by atoms with Crippen LogP contribution >= 0.6 is 27.5 Å². The van der Waals surface area contributed by atoms with E-state index in [0.717, 1.165) is 15.7 Å². The third-order valence-electron chi connectivity index (χ3n) is 2.55. The summed E-state index contributed by atoms with van der Waals surface area (Å²) in [4.78, 5) is 4.05. The molecule has 0 aliphatic carbocycles. The molecule has 3 nitrogen and oxygen atoms in total. The number of nitrogens with one attached hydrogen (secondary N) is 1. The van der Waals surface area contributed by atoms with E-state index in [1.807, 2.05) is 25.1 Å². The van der Waals surface area contributed by atoms with Crippen LogP contribution < -0.4 is 5.32 Å². The summed E-state index contributed by atoms with van der Waals surface area (Å²) in [6, 6.07) is 9.00. The minimum atomic E-state index is 0.0192.